The third-order valence-corrected chi connectivity index (χ3v) is 12.1. The first-order valence-corrected chi connectivity index (χ1v) is 23.8. The van der Waals surface area contributed by atoms with E-state index in [9.17, 15) is 28.8 Å². The van der Waals surface area contributed by atoms with Crippen molar-refractivity contribution in [1.29, 1.82) is 0 Å². The fourth-order valence-electron chi connectivity index (χ4n) is 8.47. The molecule has 0 aliphatic carbocycles. The van der Waals surface area contributed by atoms with E-state index in [0.29, 0.717) is 16.7 Å². The lowest BCUT2D eigenvalue weighted by Crippen LogP contribution is -2.62. The fourth-order valence-corrected chi connectivity index (χ4v) is 8.47. The maximum absolute atomic E-state index is 14.9. The van der Waals surface area contributed by atoms with Crippen LogP contribution >= 0.6 is 0 Å². The Labute approximate surface area is 415 Å². The van der Waals surface area contributed by atoms with Crippen LogP contribution in [-0.4, -0.2) is 119 Å². The van der Waals surface area contributed by atoms with Crippen LogP contribution in [0.4, 0.5) is 0 Å². The van der Waals surface area contributed by atoms with Gasteiger partial charge in [-0.15, -0.1) is 0 Å². The largest absolute Gasteiger partial charge is 0.370 e. The SMILES string of the molecule is NC(N)=NCCC[C@@H]1NC(=O)[C@H](Cc2ccccc2)NC(=O)[C@H](CCCN=C(N)N)NC(=O)[C@H](Cc2c[nH]c3ccccc23)NC(=O)[C@@H](Cc2c[nH]c3ccccc23)NC(=O)[C@H](CCCN=C(N)N)NC1=O. The maximum atomic E-state index is 14.9. The quantitative estimate of drug-likeness (QED) is 0.0279. The van der Waals surface area contributed by atoms with Gasteiger partial charge in [0.2, 0.25) is 35.4 Å². The van der Waals surface area contributed by atoms with Gasteiger partial charge in [0.15, 0.2) is 17.9 Å². The summed E-state index contributed by atoms with van der Waals surface area (Å²) in [4.78, 5) is 107. The molecule has 6 rings (SSSR count). The minimum atomic E-state index is -1.33. The van der Waals surface area contributed by atoms with Gasteiger partial charge in [-0.3, -0.25) is 43.7 Å². The van der Waals surface area contributed by atoms with E-state index >= 15 is 0 Å². The highest BCUT2D eigenvalue weighted by Crippen LogP contribution is 2.22. The van der Waals surface area contributed by atoms with E-state index < -0.39 is 71.7 Å². The van der Waals surface area contributed by atoms with Gasteiger partial charge >= 0.3 is 0 Å². The molecule has 382 valence electrons. The van der Waals surface area contributed by atoms with Crippen molar-refractivity contribution in [2.75, 3.05) is 19.6 Å². The maximum Gasteiger partial charge on any atom is 0.243 e. The zero-order valence-corrected chi connectivity index (χ0v) is 39.9. The van der Waals surface area contributed by atoms with E-state index in [2.05, 4.69) is 56.8 Å². The number of carbonyl (C=O) groups is 6. The number of nitrogens with zero attached hydrogens (tertiary/aromatic N) is 3. The van der Waals surface area contributed by atoms with Gasteiger partial charge in [0.25, 0.3) is 0 Å². The highest BCUT2D eigenvalue weighted by Gasteiger charge is 2.36. The summed E-state index contributed by atoms with van der Waals surface area (Å²) < 4.78 is 0. The molecule has 1 aliphatic heterocycles. The number of para-hydroxylation sites is 2. The van der Waals surface area contributed by atoms with Crippen molar-refractivity contribution in [3.63, 3.8) is 0 Å². The molecular weight excluding hydrogens is 923 g/mol. The Morgan fingerprint density at radius 1 is 0.389 bits per heavy atom. The lowest BCUT2D eigenvalue weighted by Gasteiger charge is -2.29. The van der Waals surface area contributed by atoms with Crippen molar-refractivity contribution in [2.45, 2.75) is 94.0 Å². The molecule has 0 saturated carbocycles. The number of carbonyl (C=O) groups excluding carboxylic acids is 6. The number of aromatic amines is 2. The van der Waals surface area contributed by atoms with Gasteiger partial charge < -0.3 is 76.3 Å². The van der Waals surface area contributed by atoms with Crippen LogP contribution in [0.25, 0.3) is 21.8 Å². The number of rotatable bonds is 18. The lowest BCUT2D eigenvalue weighted by molar-refractivity contribution is -0.136. The van der Waals surface area contributed by atoms with E-state index in [0.717, 1.165) is 21.8 Å². The first-order valence-electron chi connectivity index (χ1n) is 23.8. The van der Waals surface area contributed by atoms with Gasteiger partial charge in [-0.2, -0.15) is 0 Å². The third-order valence-electron chi connectivity index (χ3n) is 12.1. The van der Waals surface area contributed by atoms with Crippen molar-refractivity contribution in [1.82, 2.24) is 41.9 Å². The van der Waals surface area contributed by atoms with Crippen LogP contribution in [0.15, 0.2) is 106 Å². The summed E-state index contributed by atoms with van der Waals surface area (Å²) in [7, 11) is 0. The van der Waals surface area contributed by atoms with Crippen LogP contribution in [0.2, 0.25) is 0 Å². The highest BCUT2D eigenvalue weighted by molar-refractivity contribution is 5.99. The predicted molar refractivity (Wildman–Crippen MR) is 275 cm³/mol. The molecule has 0 spiro atoms. The first-order chi connectivity index (χ1) is 34.6. The highest BCUT2D eigenvalue weighted by atomic mass is 16.2. The summed E-state index contributed by atoms with van der Waals surface area (Å²) >= 11 is 0. The average molecular weight is 988 g/mol. The molecule has 1 aliphatic rings. The molecule has 2 aromatic heterocycles. The predicted octanol–water partition coefficient (Wildman–Crippen LogP) is -1.24. The average Bonchev–Trinajstić information content (AvgIpc) is 3.96. The molecule has 3 aromatic carbocycles. The molecule has 20 N–H and O–H groups in total. The molecular formula is C49H65N17O6. The Morgan fingerprint density at radius 2 is 0.694 bits per heavy atom. The molecule has 1 fully saturated rings. The Morgan fingerprint density at radius 3 is 1.06 bits per heavy atom. The summed E-state index contributed by atoms with van der Waals surface area (Å²) in [5, 5.41) is 18.6. The van der Waals surface area contributed by atoms with Gasteiger partial charge in [0.1, 0.15) is 36.3 Å². The zero-order chi connectivity index (χ0) is 51.6. The summed E-state index contributed by atoms with van der Waals surface area (Å²) in [6, 6.07) is 15.9. The second-order valence-electron chi connectivity index (χ2n) is 17.5. The Kier molecular flexibility index (Phi) is 18.9. The number of nitrogens with two attached hydrogens (primary N) is 6. The normalized spacial score (nSPS) is 20.4. The molecule has 0 bridgehead atoms. The van der Waals surface area contributed by atoms with Crippen molar-refractivity contribution in [3.8, 4) is 0 Å². The smallest absolute Gasteiger partial charge is 0.243 e. The number of fused-ring (bicyclic) bond motifs is 2. The second-order valence-corrected chi connectivity index (χ2v) is 17.5. The zero-order valence-electron chi connectivity index (χ0n) is 39.9. The third kappa shape index (κ3) is 15.4. The number of aromatic nitrogens is 2. The van der Waals surface area contributed by atoms with Crippen LogP contribution in [0.3, 0.4) is 0 Å². The molecule has 6 amide bonds. The van der Waals surface area contributed by atoms with Gasteiger partial charge in [-0.1, -0.05) is 66.7 Å². The van der Waals surface area contributed by atoms with Crippen molar-refractivity contribution in [2.24, 2.45) is 49.4 Å². The van der Waals surface area contributed by atoms with Gasteiger partial charge in [0.05, 0.1) is 0 Å². The fraction of sp³-hybridized carbons (Fsp3) is 0.367. The molecule has 1 saturated heterocycles. The molecule has 23 nitrogen and oxygen atoms in total. The van der Waals surface area contributed by atoms with Crippen LogP contribution in [-0.2, 0) is 48.0 Å². The minimum Gasteiger partial charge on any atom is -0.370 e. The number of amides is 6. The Bertz CT molecular complexity index is 2760. The van der Waals surface area contributed by atoms with E-state index in [1.165, 1.54) is 0 Å². The van der Waals surface area contributed by atoms with E-state index in [4.69, 9.17) is 34.4 Å². The number of guanidine groups is 3. The summed E-state index contributed by atoms with van der Waals surface area (Å²) in [6.45, 7) is 0.301. The molecule has 0 radical (unpaired) electrons. The molecule has 5 aromatic rings. The van der Waals surface area contributed by atoms with E-state index in [1.54, 1.807) is 42.7 Å². The number of H-pyrrole nitrogens is 2. The molecule has 72 heavy (non-hydrogen) atoms. The van der Waals surface area contributed by atoms with E-state index in [1.807, 2.05) is 48.5 Å². The molecule has 6 atom stereocenters. The van der Waals surface area contributed by atoms with Crippen LogP contribution in [0.1, 0.15) is 55.2 Å². The number of aliphatic imine (C=N–C) groups is 3. The molecule has 0 unspecified atom stereocenters. The number of benzene rings is 3. The van der Waals surface area contributed by atoms with Crippen molar-refractivity contribution < 1.29 is 28.8 Å². The van der Waals surface area contributed by atoms with Gasteiger partial charge in [-0.05, 0) is 67.3 Å². The van der Waals surface area contributed by atoms with Crippen molar-refractivity contribution in [3.05, 3.63) is 108 Å². The number of hydrogen-bond acceptors (Lipinski definition) is 9. The van der Waals surface area contributed by atoms with Crippen LogP contribution in [0, 0.1) is 0 Å². The minimum absolute atomic E-state index is 0.00141. The lowest BCUT2D eigenvalue weighted by atomic mass is 10.00. The number of nitrogens with one attached hydrogen (secondary N) is 8. The van der Waals surface area contributed by atoms with Gasteiger partial charge in [-0.25, -0.2) is 0 Å². The van der Waals surface area contributed by atoms with E-state index in [-0.39, 0.29) is 95.3 Å². The summed E-state index contributed by atoms with van der Waals surface area (Å²) in [6.07, 6.45) is 3.96. The summed E-state index contributed by atoms with van der Waals surface area (Å²) in [5.74, 6) is -4.95. The van der Waals surface area contributed by atoms with Crippen LogP contribution in [0.5, 0.6) is 0 Å². The molecule has 3 heterocycles. The standard InChI is InChI=1S/C49H65N17O6/c50-47(51)56-20-8-17-35-41(67)61-36(18-9-21-57-48(52)53)43(69)65-40(25-30-27-60-34-16-7-5-14-32(30)34)46(72)66-39(24-29-26-59-33-15-6-4-13-31(29)33)45(71)63-37(19-10-22-58-49(54)55)42(68)64-38(44(70)62-35)23-28-11-2-1-3-12-28/h1-7,11-16,26-27,35-40,59-60H,8-10,17-25H2,(H,61,67)(H,62,70)(H,63,71)(H,64,68)(H,65,69)(H,66,72)(H4,50,51,56)(H4,52,53,57)(H4,54,55,58)/t35-,36-,37-,38-,39-,40+/m0/s1. The first kappa shape index (κ1) is 52.7. The second kappa shape index (κ2) is 25.8. The van der Waals surface area contributed by atoms with Crippen LogP contribution < -0.4 is 66.3 Å². The molecule has 23 heteroatoms. The topological polar surface area (TPSA) is 399 Å². The Balaban J connectivity index is 1.45. The summed E-state index contributed by atoms with van der Waals surface area (Å²) in [5.41, 5.74) is 37.1. The van der Waals surface area contributed by atoms with Gasteiger partial charge in [0, 0.05) is 73.1 Å². The van der Waals surface area contributed by atoms with Crippen molar-refractivity contribution >= 4 is 75.1 Å². The number of hydrogen-bond donors (Lipinski definition) is 14. The monoisotopic (exact) mass is 988 g/mol. The Hall–Kier alpha value is -8.63.